The smallest absolute Gasteiger partial charge is 0.268 e. The zero-order chi connectivity index (χ0) is 14.6. The molecule has 0 saturated heterocycles. The highest BCUT2D eigenvalue weighted by Crippen LogP contribution is 2.36. The number of amides is 2. The van der Waals surface area contributed by atoms with Crippen molar-refractivity contribution in [1.82, 2.24) is 9.47 Å². The summed E-state index contributed by atoms with van der Waals surface area (Å²) in [6.07, 6.45) is 1.89. The first-order valence-corrected chi connectivity index (χ1v) is 6.99. The summed E-state index contributed by atoms with van der Waals surface area (Å²) >= 11 is 3.26. The number of aromatic nitrogens is 1. The molecule has 0 fully saturated rings. The maximum Gasteiger partial charge on any atom is 0.268 e. The first-order chi connectivity index (χ1) is 9.41. The molecule has 0 bridgehead atoms. The number of likely N-dealkylation sites (N-methyl/N-ethyl adjacent to an activating group) is 1. The first-order valence-electron chi connectivity index (χ1n) is 6.20. The number of hydrogen-bond acceptors (Lipinski definition) is 2. The molecular formula is C15H13BrN2O2. The van der Waals surface area contributed by atoms with Crippen LogP contribution >= 0.6 is 15.9 Å². The normalized spacial score (nSPS) is 15.9. The number of benzene rings is 1. The summed E-state index contributed by atoms with van der Waals surface area (Å²) in [5.74, 6) is -0.564. The molecule has 0 radical (unpaired) electrons. The molecule has 3 rings (SSSR count). The van der Waals surface area contributed by atoms with Crippen LogP contribution in [0.25, 0.3) is 16.5 Å². The van der Waals surface area contributed by atoms with Crippen LogP contribution in [0.1, 0.15) is 11.1 Å². The molecular weight excluding hydrogens is 320 g/mol. The summed E-state index contributed by atoms with van der Waals surface area (Å²) in [6, 6.07) is 6.09. The van der Waals surface area contributed by atoms with Crippen LogP contribution in [0.2, 0.25) is 0 Å². The van der Waals surface area contributed by atoms with Gasteiger partial charge in [0.2, 0.25) is 0 Å². The topological polar surface area (TPSA) is 42.3 Å². The van der Waals surface area contributed by atoms with Crippen LogP contribution in [0.15, 0.2) is 28.9 Å². The molecule has 2 heterocycles. The van der Waals surface area contributed by atoms with E-state index < -0.39 is 0 Å². The van der Waals surface area contributed by atoms with E-state index in [0.29, 0.717) is 10.1 Å². The van der Waals surface area contributed by atoms with Crippen molar-refractivity contribution < 1.29 is 9.59 Å². The Morgan fingerprint density at radius 2 is 1.80 bits per heavy atom. The molecule has 1 aromatic carbocycles. The van der Waals surface area contributed by atoms with E-state index in [2.05, 4.69) is 15.9 Å². The number of aryl methyl sites for hydroxylation is 2. The Balaban J connectivity index is 2.33. The van der Waals surface area contributed by atoms with Gasteiger partial charge in [0.25, 0.3) is 11.8 Å². The van der Waals surface area contributed by atoms with Crippen molar-refractivity contribution in [2.24, 2.45) is 7.05 Å². The quantitative estimate of drug-likeness (QED) is 0.753. The molecule has 2 aromatic rings. The van der Waals surface area contributed by atoms with Gasteiger partial charge in [0.1, 0.15) is 0 Å². The fourth-order valence-electron chi connectivity index (χ4n) is 2.55. The monoisotopic (exact) mass is 332 g/mol. The number of carbonyl (C=O) groups is 2. The summed E-state index contributed by atoms with van der Waals surface area (Å²) in [6.45, 7) is 2.01. The molecule has 102 valence electrons. The standard InChI is InChI=1S/C15H13BrN2O2/c1-8-4-5-11-9(6-8)10(7-17(11)2)12-13(16)15(20)18(3)14(12)19/h4-7H,1-3H3. The number of hydrogen-bond donors (Lipinski definition) is 0. The predicted molar refractivity (Wildman–Crippen MR) is 81.3 cm³/mol. The Bertz CT molecular complexity index is 802. The van der Waals surface area contributed by atoms with Crippen LogP contribution in [0.5, 0.6) is 0 Å². The van der Waals surface area contributed by atoms with E-state index in [-0.39, 0.29) is 11.8 Å². The minimum absolute atomic E-state index is 0.268. The van der Waals surface area contributed by atoms with Gasteiger partial charge in [-0.1, -0.05) is 11.6 Å². The Kier molecular flexibility index (Phi) is 2.83. The van der Waals surface area contributed by atoms with E-state index in [1.807, 2.05) is 42.9 Å². The maximum absolute atomic E-state index is 12.3. The van der Waals surface area contributed by atoms with E-state index in [1.54, 1.807) is 0 Å². The van der Waals surface area contributed by atoms with Gasteiger partial charge in [-0.25, -0.2) is 0 Å². The van der Waals surface area contributed by atoms with Crippen LogP contribution in [-0.4, -0.2) is 28.3 Å². The van der Waals surface area contributed by atoms with Crippen molar-refractivity contribution in [2.75, 3.05) is 7.05 Å². The third kappa shape index (κ3) is 1.66. The zero-order valence-electron chi connectivity index (χ0n) is 11.4. The molecule has 5 heteroatoms. The van der Waals surface area contributed by atoms with Crippen LogP contribution in [-0.2, 0) is 16.6 Å². The van der Waals surface area contributed by atoms with Crippen molar-refractivity contribution in [3.8, 4) is 0 Å². The van der Waals surface area contributed by atoms with E-state index in [4.69, 9.17) is 0 Å². The molecule has 1 aromatic heterocycles. The first kappa shape index (κ1) is 13.1. The molecule has 2 amide bonds. The number of carbonyl (C=O) groups excluding carboxylic acids is 2. The highest BCUT2D eigenvalue weighted by Gasteiger charge is 2.36. The van der Waals surface area contributed by atoms with Gasteiger partial charge in [-0.15, -0.1) is 0 Å². The van der Waals surface area contributed by atoms with Gasteiger partial charge in [-0.2, -0.15) is 0 Å². The van der Waals surface area contributed by atoms with Crippen LogP contribution in [0.3, 0.4) is 0 Å². The zero-order valence-corrected chi connectivity index (χ0v) is 13.0. The third-order valence-electron chi connectivity index (χ3n) is 3.64. The van der Waals surface area contributed by atoms with Crippen molar-refractivity contribution in [3.05, 3.63) is 40.0 Å². The van der Waals surface area contributed by atoms with Crippen LogP contribution in [0.4, 0.5) is 0 Å². The lowest BCUT2D eigenvalue weighted by Crippen LogP contribution is -2.26. The van der Waals surface area contributed by atoms with E-state index >= 15 is 0 Å². The van der Waals surface area contributed by atoms with Crippen molar-refractivity contribution >= 4 is 44.2 Å². The second kappa shape index (κ2) is 4.31. The number of halogens is 1. The lowest BCUT2D eigenvalue weighted by molar-refractivity contribution is -0.134. The third-order valence-corrected chi connectivity index (χ3v) is 4.38. The minimum atomic E-state index is -0.297. The lowest BCUT2D eigenvalue weighted by Gasteiger charge is -2.05. The van der Waals surface area contributed by atoms with Gasteiger partial charge >= 0.3 is 0 Å². The summed E-state index contributed by atoms with van der Waals surface area (Å²) in [5, 5.41) is 0.982. The molecule has 1 aliphatic rings. The SMILES string of the molecule is Cc1ccc2c(c1)c(C1=C(Br)C(=O)N(C)C1=O)cn2C. The van der Waals surface area contributed by atoms with E-state index in [1.165, 1.54) is 7.05 Å². The number of rotatable bonds is 1. The van der Waals surface area contributed by atoms with Gasteiger partial charge in [0, 0.05) is 36.8 Å². The molecule has 0 spiro atoms. The largest absolute Gasteiger partial charge is 0.350 e. The molecule has 0 unspecified atom stereocenters. The predicted octanol–water partition coefficient (Wildman–Crippen LogP) is 2.59. The molecule has 20 heavy (non-hydrogen) atoms. The summed E-state index contributed by atoms with van der Waals surface area (Å²) in [4.78, 5) is 25.3. The second-order valence-electron chi connectivity index (χ2n) is 5.03. The Labute approximate surface area is 124 Å². The van der Waals surface area contributed by atoms with Gasteiger partial charge < -0.3 is 4.57 Å². The van der Waals surface area contributed by atoms with E-state index in [9.17, 15) is 9.59 Å². The number of imide groups is 1. The van der Waals surface area contributed by atoms with Crippen molar-refractivity contribution in [2.45, 2.75) is 6.92 Å². The number of nitrogens with zero attached hydrogens (tertiary/aromatic N) is 2. The molecule has 0 aliphatic carbocycles. The highest BCUT2D eigenvalue weighted by molar-refractivity contribution is 9.12. The lowest BCUT2D eigenvalue weighted by atomic mass is 10.0. The Morgan fingerprint density at radius 1 is 1.10 bits per heavy atom. The number of fused-ring (bicyclic) bond motifs is 1. The molecule has 0 saturated carbocycles. The second-order valence-corrected chi connectivity index (χ2v) is 5.83. The van der Waals surface area contributed by atoms with Gasteiger partial charge in [-0.05, 0) is 35.0 Å². The van der Waals surface area contributed by atoms with Crippen LogP contribution in [0, 0.1) is 6.92 Å². The molecule has 4 nitrogen and oxygen atoms in total. The fraction of sp³-hybridized carbons (Fsp3) is 0.200. The van der Waals surface area contributed by atoms with Gasteiger partial charge in [0.05, 0.1) is 10.1 Å². The highest BCUT2D eigenvalue weighted by atomic mass is 79.9. The average Bonchev–Trinajstić information content (AvgIpc) is 2.81. The summed E-state index contributed by atoms with van der Waals surface area (Å²) in [7, 11) is 3.43. The molecule has 0 N–H and O–H groups in total. The van der Waals surface area contributed by atoms with Crippen LogP contribution < -0.4 is 0 Å². The summed E-state index contributed by atoms with van der Waals surface area (Å²) < 4.78 is 2.30. The molecule has 1 aliphatic heterocycles. The minimum Gasteiger partial charge on any atom is -0.350 e. The average molecular weight is 333 g/mol. The summed E-state index contributed by atoms with van der Waals surface area (Å²) in [5.41, 5.74) is 3.38. The maximum atomic E-state index is 12.3. The van der Waals surface area contributed by atoms with Crippen molar-refractivity contribution in [1.29, 1.82) is 0 Å². The Morgan fingerprint density at radius 3 is 2.40 bits per heavy atom. The van der Waals surface area contributed by atoms with Crippen molar-refractivity contribution in [3.63, 3.8) is 0 Å². The molecule has 0 atom stereocenters. The fourth-order valence-corrected chi connectivity index (χ4v) is 3.20. The van der Waals surface area contributed by atoms with Gasteiger partial charge in [0.15, 0.2) is 0 Å². The Hall–Kier alpha value is -1.88. The van der Waals surface area contributed by atoms with Gasteiger partial charge in [-0.3, -0.25) is 14.5 Å². The van der Waals surface area contributed by atoms with E-state index in [0.717, 1.165) is 26.9 Å².